The number of methoxy groups -OCH3 is 1. The Hall–Kier alpha value is -2.84. The van der Waals surface area contributed by atoms with Crippen LogP contribution in [0.2, 0.25) is 0 Å². The van der Waals surface area contributed by atoms with Gasteiger partial charge in [0.1, 0.15) is 12.4 Å². The van der Waals surface area contributed by atoms with E-state index in [0.717, 1.165) is 6.20 Å². The maximum Gasteiger partial charge on any atom is 0.358 e. The third-order valence-corrected chi connectivity index (χ3v) is 2.05. The molecule has 0 aromatic carbocycles. The number of aromatic nitrogens is 4. The Balaban J connectivity index is 2.28. The minimum atomic E-state index is -0.611. The van der Waals surface area contributed by atoms with Crippen LogP contribution in [0, 0.1) is 10.1 Å². The van der Waals surface area contributed by atoms with Crippen molar-refractivity contribution in [2.45, 2.75) is 0 Å². The number of esters is 1. The Bertz CT molecular complexity index is 591. The molecular formula is C9H7N5O4. The molecule has 2 aromatic rings. The van der Waals surface area contributed by atoms with E-state index in [0.29, 0.717) is 0 Å². The lowest BCUT2D eigenvalue weighted by Crippen LogP contribution is -2.07. The van der Waals surface area contributed by atoms with E-state index in [-0.39, 0.29) is 17.2 Å². The van der Waals surface area contributed by atoms with Crippen molar-refractivity contribution in [2.75, 3.05) is 7.11 Å². The molecule has 0 N–H and O–H groups in total. The molecule has 0 aliphatic heterocycles. The zero-order chi connectivity index (χ0) is 13.1. The van der Waals surface area contributed by atoms with Gasteiger partial charge in [-0.3, -0.25) is 10.1 Å². The second-order valence-corrected chi connectivity index (χ2v) is 3.15. The molecule has 0 saturated heterocycles. The molecule has 0 atom stereocenters. The molecule has 0 aliphatic rings. The molecule has 9 heteroatoms. The maximum absolute atomic E-state index is 11.1. The minimum Gasteiger partial charge on any atom is -0.464 e. The van der Waals surface area contributed by atoms with Gasteiger partial charge in [0, 0.05) is 0 Å². The highest BCUT2D eigenvalue weighted by atomic mass is 16.6. The normalized spacial score (nSPS) is 10.1. The van der Waals surface area contributed by atoms with Crippen LogP contribution in [-0.2, 0) is 4.74 Å². The van der Waals surface area contributed by atoms with Crippen molar-refractivity contribution in [3.63, 3.8) is 0 Å². The summed E-state index contributed by atoms with van der Waals surface area (Å²) < 4.78 is 5.65. The van der Waals surface area contributed by atoms with Crippen molar-refractivity contribution >= 4 is 11.7 Å². The van der Waals surface area contributed by atoms with Crippen LogP contribution in [0.3, 0.4) is 0 Å². The number of carbonyl (C=O) groups excluding carboxylic acids is 1. The second-order valence-electron chi connectivity index (χ2n) is 3.15. The van der Waals surface area contributed by atoms with Gasteiger partial charge in [0.15, 0.2) is 11.5 Å². The van der Waals surface area contributed by atoms with Crippen molar-refractivity contribution in [3.05, 3.63) is 40.6 Å². The van der Waals surface area contributed by atoms with E-state index in [4.69, 9.17) is 0 Å². The summed E-state index contributed by atoms with van der Waals surface area (Å²) in [4.78, 5) is 28.7. The van der Waals surface area contributed by atoms with E-state index in [1.807, 2.05) is 0 Å². The molecule has 0 amide bonds. The van der Waals surface area contributed by atoms with Crippen molar-refractivity contribution in [1.82, 2.24) is 19.7 Å². The van der Waals surface area contributed by atoms with Crippen LogP contribution in [0.15, 0.2) is 24.8 Å². The molecule has 2 heterocycles. The van der Waals surface area contributed by atoms with E-state index >= 15 is 0 Å². The number of rotatable bonds is 3. The van der Waals surface area contributed by atoms with Crippen LogP contribution in [0.1, 0.15) is 10.5 Å². The lowest BCUT2D eigenvalue weighted by Gasteiger charge is -2.00. The summed E-state index contributed by atoms with van der Waals surface area (Å²) in [5.74, 6) is -0.351. The SMILES string of the molecule is COC(=O)c1cnc(-n2cc([N+](=O)[O-])cn2)cn1. The number of nitro groups is 1. The van der Waals surface area contributed by atoms with Gasteiger partial charge < -0.3 is 4.74 Å². The van der Waals surface area contributed by atoms with Gasteiger partial charge in [0.2, 0.25) is 0 Å². The first-order chi connectivity index (χ1) is 8.61. The Morgan fingerprint density at radius 1 is 1.39 bits per heavy atom. The minimum absolute atomic E-state index is 0.0444. The monoisotopic (exact) mass is 249 g/mol. The van der Waals surface area contributed by atoms with Gasteiger partial charge in [-0.25, -0.2) is 19.4 Å². The summed E-state index contributed by atoms with van der Waals surface area (Å²) in [6.45, 7) is 0. The first-order valence-corrected chi connectivity index (χ1v) is 4.71. The number of nitrogens with zero attached hydrogens (tertiary/aromatic N) is 5. The molecule has 18 heavy (non-hydrogen) atoms. The van der Waals surface area contributed by atoms with Crippen molar-refractivity contribution in [1.29, 1.82) is 0 Å². The summed E-state index contributed by atoms with van der Waals surface area (Å²) in [5.41, 5.74) is -0.114. The average molecular weight is 249 g/mol. The van der Waals surface area contributed by atoms with Crippen LogP contribution in [0.4, 0.5) is 5.69 Å². The third kappa shape index (κ3) is 2.14. The summed E-state index contributed by atoms with van der Waals surface area (Å²) in [6.07, 6.45) is 4.76. The molecule has 0 bridgehead atoms. The average Bonchev–Trinajstić information content (AvgIpc) is 2.88. The lowest BCUT2D eigenvalue weighted by molar-refractivity contribution is -0.384. The largest absolute Gasteiger partial charge is 0.464 e. The van der Waals surface area contributed by atoms with Crippen LogP contribution < -0.4 is 0 Å². The molecule has 9 nitrogen and oxygen atoms in total. The predicted octanol–water partition coefficient (Wildman–Crippen LogP) is 0.357. The molecule has 0 aliphatic carbocycles. The van der Waals surface area contributed by atoms with Gasteiger partial charge in [0.05, 0.1) is 24.4 Å². The summed E-state index contributed by atoms with van der Waals surface area (Å²) in [6, 6.07) is 0. The number of hydrogen-bond donors (Lipinski definition) is 0. The van der Waals surface area contributed by atoms with Crippen LogP contribution in [0.25, 0.3) is 5.82 Å². The van der Waals surface area contributed by atoms with Crippen molar-refractivity contribution in [3.8, 4) is 5.82 Å². The second kappa shape index (κ2) is 4.57. The van der Waals surface area contributed by atoms with E-state index in [9.17, 15) is 14.9 Å². The highest BCUT2D eigenvalue weighted by Crippen LogP contribution is 2.11. The quantitative estimate of drug-likeness (QED) is 0.438. The number of ether oxygens (including phenoxy) is 1. The van der Waals surface area contributed by atoms with Gasteiger partial charge in [-0.2, -0.15) is 5.10 Å². The molecule has 0 radical (unpaired) electrons. The predicted molar refractivity (Wildman–Crippen MR) is 57.1 cm³/mol. The fourth-order valence-electron chi connectivity index (χ4n) is 1.18. The topological polar surface area (TPSA) is 113 Å². The first-order valence-electron chi connectivity index (χ1n) is 4.71. The molecule has 0 saturated carbocycles. The van der Waals surface area contributed by atoms with E-state index < -0.39 is 10.9 Å². The third-order valence-electron chi connectivity index (χ3n) is 2.05. The molecule has 0 unspecified atom stereocenters. The Labute approximate surface area is 100 Å². The first kappa shape index (κ1) is 11.6. The van der Waals surface area contributed by atoms with Gasteiger partial charge in [0.25, 0.3) is 0 Å². The van der Waals surface area contributed by atoms with Gasteiger partial charge >= 0.3 is 11.7 Å². The van der Waals surface area contributed by atoms with Crippen molar-refractivity contribution < 1.29 is 14.5 Å². The summed E-state index contributed by atoms with van der Waals surface area (Å²) in [5, 5.41) is 14.2. The van der Waals surface area contributed by atoms with E-state index in [1.54, 1.807) is 0 Å². The fraction of sp³-hybridized carbons (Fsp3) is 0.111. The van der Waals surface area contributed by atoms with Gasteiger partial charge in [-0.1, -0.05) is 0 Å². The molecule has 2 aromatic heterocycles. The Morgan fingerprint density at radius 3 is 2.67 bits per heavy atom. The van der Waals surface area contributed by atoms with Gasteiger partial charge in [-0.15, -0.1) is 0 Å². The Morgan fingerprint density at radius 2 is 2.17 bits per heavy atom. The molecule has 92 valence electrons. The molecule has 0 spiro atoms. The zero-order valence-corrected chi connectivity index (χ0v) is 9.18. The van der Waals surface area contributed by atoms with Crippen LogP contribution in [-0.4, -0.2) is 37.8 Å². The lowest BCUT2D eigenvalue weighted by atomic mass is 10.4. The van der Waals surface area contributed by atoms with E-state index in [1.165, 1.54) is 30.4 Å². The van der Waals surface area contributed by atoms with E-state index in [2.05, 4.69) is 19.8 Å². The van der Waals surface area contributed by atoms with Crippen LogP contribution in [0.5, 0.6) is 0 Å². The highest BCUT2D eigenvalue weighted by molar-refractivity contribution is 5.86. The highest BCUT2D eigenvalue weighted by Gasteiger charge is 2.12. The molecule has 0 fully saturated rings. The maximum atomic E-state index is 11.1. The molecular weight excluding hydrogens is 242 g/mol. The smallest absolute Gasteiger partial charge is 0.358 e. The number of carbonyl (C=O) groups is 1. The standard InChI is InChI=1S/C9H7N5O4/c1-18-9(15)7-3-11-8(4-10-7)13-5-6(2-12-13)14(16)17/h2-5H,1H3. The summed E-state index contributed by atoms with van der Waals surface area (Å²) >= 11 is 0. The van der Waals surface area contributed by atoms with Crippen molar-refractivity contribution in [2.24, 2.45) is 0 Å². The van der Waals surface area contributed by atoms with Gasteiger partial charge in [-0.05, 0) is 0 Å². The fourth-order valence-corrected chi connectivity index (χ4v) is 1.18. The summed E-state index contributed by atoms with van der Waals surface area (Å²) in [7, 11) is 1.23. The zero-order valence-electron chi connectivity index (χ0n) is 9.18. The Kier molecular flexibility index (Phi) is 2.96. The van der Waals surface area contributed by atoms with Crippen LogP contribution >= 0.6 is 0 Å². The molecule has 2 rings (SSSR count). The number of hydrogen-bond acceptors (Lipinski definition) is 7.